The van der Waals surface area contributed by atoms with Gasteiger partial charge in [-0.1, -0.05) is 12.1 Å². The molecule has 0 fully saturated rings. The van der Waals surface area contributed by atoms with Crippen molar-refractivity contribution in [3.05, 3.63) is 35.4 Å². The van der Waals surface area contributed by atoms with Crippen LogP contribution >= 0.6 is 0 Å². The third kappa shape index (κ3) is 3.44. The van der Waals surface area contributed by atoms with Crippen LogP contribution in [0.15, 0.2) is 24.3 Å². The maximum atomic E-state index is 12.4. The highest BCUT2D eigenvalue weighted by atomic mass is 19.4. The molecule has 3 nitrogen and oxygen atoms in total. The first-order valence-corrected chi connectivity index (χ1v) is 4.76. The van der Waals surface area contributed by atoms with Crippen molar-refractivity contribution in [1.29, 1.82) is 5.26 Å². The van der Waals surface area contributed by atoms with Crippen LogP contribution in [0.25, 0.3) is 0 Å². The van der Waals surface area contributed by atoms with Gasteiger partial charge in [0.05, 0.1) is 24.2 Å². The Hall–Kier alpha value is -1.58. The van der Waals surface area contributed by atoms with Gasteiger partial charge in [-0.3, -0.25) is 0 Å². The Kier molecular flexibility index (Phi) is 4.10. The highest BCUT2D eigenvalue weighted by Crippen LogP contribution is 2.31. The Bertz CT molecular complexity index is 425. The summed E-state index contributed by atoms with van der Waals surface area (Å²) >= 11 is 0. The number of hydrogen-bond donors (Lipinski definition) is 2. The molecule has 0 saturated carbocycles. The number of aliphatic hydroxyl groups excluding tert-OH is 2. The van der Waals surface area contributed by atoms with Gasteiger partial charge in [-0.2, -0.15) is 18.4 Å². The standard InChI is InChI=1S/C11H10F3NO2/c12-11(13,14)8-3-1-2-7(6-8)10(17)9(16)4-5-15/h1-3,6,9-10,16-17H,4H2. The van der Waals surface area contributed by atoms with Gasteiger partial charge in [-0.05, 0) is 17.7 Å². The smallest absolute Gasteiger partial charge is 0.389 e. The molecule has 1 aromatic carbocycles. The number of nitrogens with zero attached hydrogens (tertiary/aromatic N) is 1. The van der Waals surface area contributed by atoms with E-state index in [1.165, 1.54) is 6.07 Å². The molecule has 6 heteroatoms. The van der Waals surface area contributed by atoms with Crippen LogP contribution in [-0.4, -0.2) is 16.3 Å². The minimum absolute atomic E-state index is 0.0671. The molecule has 1 aromatic rings. The molecule has 2 N–H and O–H groups in total. The van der Waals surface area contributed by atoms with Crippen molar-refractivity contribution in [1.82, 2.24) is 0 Å². The number of nitriles is 1. The second-order valence-corrected chi connectivity index (χ2v) is 3.50. The van der Waals surface area contributed by atoms with Gasteiger partial charge in [0.1, 0.15) is 6.10 Å². The lowest BCUT2D eigenvalue weighted by atomic mass is 10.0. The predicted octanol–water partition coefficient (Wildman–Crippen LogP) is 2.01. The Morgan fingerprint density at radius 3 is 2.47 bits per heavy atom. The predicted molar refractivity (Wildman–Crippen MR) is 52.6 cm³/mol. The van der Waals surface area contributed by atoms with E-state index in [9.17, 15) is 23.4 Å². The second-order valence-electron chi connectivity index (χ2n) is 3.50. The zero-order valence-electron chi connectivity index (χ0n) is 8.65. The fourth-order valence-electron chi connectivity index (χ4n) is 1.33. The molecule has 2 unspecified atom stereocenters. The lowest BCUT2D eigenvalue weighted by Gasteiger charge is -2.17. The van der Waals surface area contributed by atoms with E-state index in [2.05, 4.69) is 0 Å². The van der Waals surface area contributed by atoms with Crippen molar-refractivity contribution >= 4 is 0 Å². The number of halogens is 3. The van der Waals surface area contributed by atoms with Crippen molar-refractivity contribution in [2.24, 2.45) is 0 Å². The molecule has 0 aliphatic carbocycles. The number of benzene rings is 1. The molecule has 0 aliphatic heterocycles. The van der Waals surface area contributed by atoms with E-state index in [4.69, 9.17) is 5.26 Å². The maximum absolute atomic E-state index is 12.4. The molecule has 0 aliphatic rings. The molecule has 0 bridgehead atoms. The van der Waals surface area contributed by atoms with Gasteiger partial charge in [0.25, 0.3) is 0 Å². The van der Waals surface area contributed by atoms with E-state index < -0.39 is 23.9 Å². The van der Waals surface area contributed by atoms with Crippen molar-refractivity contribution in [3.63, 3.8) is 0 Å². The van der Waals surface area contributed by atoms with Gasteiger partial charge in [0.15, 0.2) is 0 Å². The van der Waals surface area contributed by atoms with Crippen LogP contribution in [0.1, 0.15) is 23.7 Å². The summed E-state index contributed by atoms with van der Waals surface area (Å²) in [6, 6.07) is 5.66. The molecule has 0 radical (unpaired) electrons. The molecule has 0 amide bonds. The van der Waals surface area contributed by atoms with Crippen LogP contribution < -0.4 is 0 Å². The van der Waals surface area contributed by atoms with Gasteiger partial charge in [0.2, 0.25) is 0 Å². The zero-order chi connectivity index (χ0) is 13.1. The zero-order valence-corrected chi connectivity index (χ0v) is 8.65. The fourth-order valence-corrected chi connectivity index (χ4v) is 1.33. The Morgan fingerprint density at radius 1 is 1.29 bits per heavy atom. The van der Waals surface area contributed by atoms with Gasteiger partial charge >= 0.3 is 6.18 Å². The lowest BCUT2D eigenvalue weighted by molar-refractivity contribution is -0.137. The number of rotatable bonds is 3. The number of alkyl halides is 3. The molecule has 1 rings (SSSR count). The second kappa shape index (κ2) is 5.17. The van der Waals surface area contributed by atoms with E-state index in [1.807, 2.05) is 0 Å². The molecular weight excluding hydrogens is 235 g/mol. The summed E-state index contributed by atoms with van der Waals surface area (Å²) < 4.78 is 37.2. The van der Waals surface area contributed by atoms with Crippen molar-refractivity contribution in [2.45, 2.75) is 24.8 Å². The first-order valence-electron chi connectivity index (χ1n) is 4.76. The molecule has 17 heavy (non-hydrogen) atoms. The van der Waals surface area contributed by atoms with E-state index >= 15 is 0 Å². The van der Waals surface area contributed by atoms with Gasteiger partial charge in [-0.15, -0.1) is 0 Å². The highest BCUT2D eigenvalue weighted by Gasteiger charge is 2.31. The minimum atomic E-state index is -4.50. The third-order valence-electron chi connectivity index (χ3n) is 2.22. The number of hydrogen-bond acceptors (Lipinski definition) is 3. The molecule has 2 atom stereocenters. The van der Waals surface area contributed by atoms with Crippen LogP contribution in [0.2, 0.25) is 0 Å². The van der Waals surface area contributed by atoms with Crippen molar-refractivity contribution in [3.8, 4) is 6.07 Å². The average molecular weight is 245 g/mol. The van der Waals surface area contributed by atoms with Crippen LogP contribution in [0.5, 0.6) is 0 Å². The summed E-state index contributed by atoms with van der Waals surface area (Å²) in [6.45, 7) is 0. The molecule has 0 heterocycles. The Labute approximate surface area is 95.7 Å². The molecule has 92 valence electrons. The Balaban J connectivity index is 2.96. The van der Waals surface area contributed by atoms with Crippen molar-refractivity contribution in [2.75, 3.05) is 0 Å². The SMILES string of the molecule is N#CCC(O)C(O)c1cccc(C(F)(F)F)c1. The molecule has 0 aromatic heterocycles. The normalized spacial score (nSPS) is 15.1. The summed E-state index contributed by atoms with van der Waals surface area (Å²) in [5.41, 5.74) is -0.971. The monoisotopic (exact) mass is 245 g/mol. The first-order chi connectivity index (χ1) is 7.86. The van der Waals surface area contributed by atoms with Gasteiger partial charge in [-0.25, -0.2) is 0 Å². The van der Waals surface area contributed by atoms with E-state index in [1.54, 1.807) is 6.07 Å². The molecule has 0 spiro atoms. The molecule has 0 saturated heterocycles. The van der Waals surface area contributed by atoms with E-state index in [-0.39, 0.29) is 12.0 Å². The van der Waals surface area contributed by atoms with E-state index in [0.717, 1.165) is 18.2 Å². The topological polar surface area (TPSA) is 64.2 Å². The summed E-state index contributed by atoms with van der Waals surface area (Å²) in [6.07, 6.45) is -7.76. The largest absolute Gasteiger partial charge is 0.416 e. The first kappa shape index (κ1) is 13.5. The van der Waals surface area contributed by atoms with Crippen LogP contribution in [0.3, 0.4) is 0 Å². The molecular formula is C11H10F3NO2. The van der Waals surface area contributed by atoms with E-state index in [0.29, 0.717) is 0 Å². The fraction of sp³-hybridized carbons (Fsp3) is 0.364. The quantitative estimate of drug-likeness (QED) is 0.856. The number of aliphatic hydroxyl groups is 2. The summed E-state index contributed by atoms with van der Waals surface area (Å²) in [5, 5.41) is 27.2. The highest BCUT2D eigenvalue weighted by molar-refractivity contribution is 5.27. The van der Waals surface area contributed by atoms with Crippen LogP contribution in [0, 0.1) is 11.3 Å². The third-order valence-corrected chi connectivity index (χ3v) is 2.22. The van der Waals surface area contributed by atoms with Crippen molar-refractivity contribution < 1.29 is 23.4 Å². The summed E-state index contributed by atoms with van der Waals surface area (Å²) in [4.78, 5) is 0. The summed E-state index contributed by atoms with van der Waals surface area (Å²) in [5.74, 6) is 0. The van der Waals surface area contributed by atoms with Crippen LogP contribution in [-0.2, 0) is 6.18 Å². The van der Waals surface area contributed by atoms with Gasteiger partial charge < -0.3 is 10.2 Å². The maximum Gasteiger partial charge on any atom is 0.416 e. The van der Waals surface area contributed by atoms with Crippen LogP contribution in [0.4, 0.5) is 13.2 Å². The average Bonchev–Trinajstić information content (AvgIpc) is 2.27. The lowest BCUT2D eigenvalue weighted by Crippen LogP contribution is -2.18. The van der Waals surface area contributed by atoms with Gasteiger partial charge in [0, 0.05) is 0 Å². The minimum Gasteiger partial charge on any atom is -0.389 e. The Morgan fingerprint density at radius 2 is 1.94 bits per heavy atom. The summed E-state index contributed by atoms with van der Waals surface area (Å²) in [7, 11) is 0.